The Labute approximate surface area is 125 Å². The van der Waals surface area contributed by atoms with E-state index in [0.29, 0.717) is 6.42 Å². The van der Waals surface area contributed by atoms with Gasteiger partial charge in [0.2, 0.25) is 0 Å². The fourth-order valence-electron chi connectivity index (χ4n) is 2.41. The molecule has 4 heteroatoms. The van der Waals surface area contributed by atoms with Gasteiger partial charge in [0.05, 0.1) is 25.4 Å². The Bertz CT molecular complexity index is 549. The third-order valence-electron chi connectivity index (χ3n) is 3.55. The van der Waals surface area contributed by atoms with E-state index < -0.39 is 0 Å². The molecule has 2 N–H and O–H groups in total. The number of nitrogens with zero attached hydrogens (tertiary/aromatic N) is 1. The van der Waals surface area contributed by atoms with E-state index in [9.17, 15) is 4.79 Å². The summed E-state index contributed by atoms with van der Waals surface area (Å²) >= 11 is 0. The van der Waals surface area contributed by atoms with E-state index in [2.05, 4.69) is 15.8 Å². The van der Waals surface area contributed by atoms with Gasteiger partial charge in [0.25, 0.3) is 0 Å². The number of esters is 1. The van der Waals surface area contributed by atoms with Crippen LogP contribution in [0.4, 0.5) is 0 Å². The van der Waals surface area contributed by atoms with Gasteiger partial charge < -0.3 is 10.5 Å². The lowest BCUT2D eigenvalue weighted by atomic mass is 10.1. The van der Waals surface area contributed by atoms with E-state index in [-0.39, 0.29) is 12.0 Å². The second-order valence-electron chi connectivity index (χ2n) is 5.29. The second-order valence-corrected chi connectivity index (χ2v) is 5.29. The summed E-state index contributed by atoms with van der Waals surface area (Å²) in [7, 11) is 1.40. The number of hydrogen-bond donors (Lipinski definition) is 1. The van der Waals surface area contributed by atoms with Gasteiger partial charge in [-0.2, -0.15) is 0 Å². The molecule has 0 fully saturated rings. The zero-order valence-corrected chi connectivity index (χ0v) is 12.4. The Balaban J connectivity index is 2.04. The summed E-state index contributed by atoms with van der Waals surface area (Å²) in [5.74, 6) is 0.527. The van der Waals surface area contributed by atoms with Crippen molar-refractivity contribution >= 4 is 17.9 Å². The first kappa shape index (κ1) is 15.3. The maximum atomic E-state index is 11.3. The third kappa shape index (κ3) is 5.06. The average Bonchev–Trinajstić information content (AvgIpc) is 2.69. The number of methoxy groups -OCH3 is 1. The Hall–Kier alpha value is -2.10. The topological polar surface area (TPSA) is 64.7 Å². The van der Waals surface area contributed by atoms with Gasteiger partial charge in [-0.25, -0.2) is 0 Å². The Morgan fingerprint density at radius 1 is 1.48 bits per heavy atom. The van der Waals surface area contributed by atoms with Crippen LogP contribution >= 0.6 is 0 Å². The van der Waals surface area contributed by atoms with E-state index in [1.165, 1.54) is 7.11 Å². The van der Waals surface area contributed by atoms with Gasteiger partial charge in [0.15, 0.2) is 0 Å². The van der Waals surface area contributed by atoms with Crippen molar-refractivity contribution in [1.29, 1.82) is 0 Å². The Kier molecular flexibility index (Phi) is 5.55. The van der Waals surface area contributed by atoms with Crippen molar-refractivity contribution in [1.82, 2.24) is 0 Å². The molecule has 1 aromatic rings. The van der Waals surface area contributed by atoms with Crippen LogP contribution in [-0.4, -0.2) is 25.0 Å². The van der Waals surface area contributed by atoms with Crippen molar-refractivity contribution in [2.24, 2.45) is 10.7 Å². The van der Waals surface area contributed by atoms with Crippen molar-refractivity contribution in [3.8, 4) is 0 Å². The number of benzene rings is 1. The maximum absolute atomic E-state index is 11.3. The van der Waals surface area contributed by atoms with Gasteiger partial charge in [-0.1, -0.05) is 42.8 Å². The summed E-state index contributed by atoms with van der Waals surface area (Å²) in [5.41, 5.74) is 7.87. The lowest BCUT2D eigenvalue weighted by Crippen LogP contribution is -2.12. The number of ether oxygens (including phenoxy) is 1. The summed E-state index contributed by atoms with van der Waals surface area (Å²) in [5, 5.41) is 0. The summed E-state index contributed by atoms with van der Waals surface area (Å²) in [4.78, 5) is 15.8. The minimum absolute atomic E-state index is 0.164. The molecule has 2 rings (SSSR count). The Morgan fingerprint density at radius 2 is 2.33 bits per heavy atom. The quantitative estimate of drug-likeness (QED) is 0.865. The molecule has 0 radical (unpaired) electrons. The highest BCUT2D eigenvalue weighted by Gasteiger charge is 2.08. The zero-order valence-electron chi connectivity index (χ0n) is 12.4. The molecule has 0 aliphatic carbocycles. The molecule has 0 saturated carbocycles. The molecule has 1 aromatic carbocycles. The van der Waals surface area contributed by atoms with E-state index in [1.807, 2.05) is 30.3 Å². The first-order valence-corrected chi connectivity index (χ1v) is 7.33. The first-order valence-electron chi connectivity index (χ1n) is 7.33. The zero-order chi connectivity index (χ0) is 15.1. The molecule has 1 aliphatic heterocycles. The number of carbonyl (C=O) groups excluding carboxylic acids is 1. The maximum Gasteiger partial charge on any atom is 0.309 e. The molecule has 1 aliphatic rings. The summed E-state index contributed by atoms with van der Waals surface area (Å²) in [6.07, 6.45) is 8.66. The van der Waals surface area contributed by atoms with Crippen molar-refractivity contribution in [3.63, 3.8) is 0 Å². The second kappa shape index (κ2) is 7.62. The minimum Gasteiger partial charge on any atom is -0.469 e. The summed E-state index contributed by atoms with van der Waals surface area (Å²) in [6, 6.07) is 8.05. The monoisotopic (exact) mass is 286 g/mol. The summed E-state index contributed by atoms with van der Waals surface area (Å²) < 4.78 is 4.69. The van der Waals surface area contributed by atoms with Crippen LogP contribution in [0.25, 0.3) is 6.08 Å². The average molecular weight is 286 g/mol. The van der Waals surface area contributed by atoms with E-state index >= 15 is 0 Å². The van der Waals surface area contributed by atoms with Crippen LogP contribution in [-0.2, 0) is 16.0 Å². The van der Waals surface area contributed by atoms with Gasteiger partial charge in [-0.05, 0) is 24.0 Å². The highest BCUT2D eigenvalue weighted by molar-refractivity contribution is 5.80. The van der Waals surface area contributed by atoms with Crippen LogP contribution in [0.1, 0.15) is 36.8 Å². The van der Waals surface area contributed by atoms with Gasteiger partial charge in [0.1, 0.15) is 0 Å². The lowest BCUT2D eigenvalue weighted by molar-refractivity contribution is -0.139. The molecule has 0 saturated heterocycles. The van der Waals surface area contributed by atoms with Crippen LogP contribution in [0, 0.1) is 0 Å². The van der Waals surface area contributed by atoms with Crippen LogP contribution in [0.5, 0.6) is 0 Å². The van der Waals surface area contributed by atoms with Crippen molar-refractivity contribution in [2.75, 3.05) is 7.11 Å². The molecule has 1 atom stereocenters. The van der Waals surface area contributed by atoms with Crippen LogP contribution in [0.15, 0.2) is 35.3 Å². The Morgan fingerprint density at radius 3 is 3.14 bits per heavy atom. The van der Waals surface area contributed by atoms with Crippen molar-refractivity contribution < 1.29 is 9.53 Å². The molecule has 4 nitrogen and oxygen atoms in total. The van der Waals surface area contributed by atoms with Gasteiger partial charge in [-0.15, -0.1) is 0 Å². The molecule has 0 amide bonds. The molecule has 0 aromatic heterocycles. The standard InChI is InChI=1S/C17H22N2O2/c1-21-17(20)12-14-6-4-5-13(11-14)9-10-15-7-2-3-8-16(18)19-15/h4-6,9-11,15H,2-3,7-8,12H2,1H3,(H2,18,19). The van der Waals surface area contributed by atoms with Crippen molar-refractivity contribution in [2.45, 2.75) is 38.1 Å². The summed E-state index contributed by atoms with van der Waals surface area (Å²) in [6.45, 7) is 0. The molecule has 0 spiro atoms. The number of aliphatic imine (C=N–C) groups is 1. The molecular weight excluding hydrogens is 264 g/mol. The van der Waals surface area contributed by atoms with Gasteiger partial charge in [0, 0.05) is 6.42 Å². The molecule has 112 valence electrons. The third-order valence-corrected chi connectivity index (χ3v) is 3.55. The molecular formula is C17H22N2O2. The SMILES string of the molecule is COC(=O)Cc1cccc(C=CC2CCCCC(N)=N2)c1. The lowest BCUT2D eigenvalue weighted by Gasteiger charge is -2.05. The predicted octanol–water partition coefficient (Wildman–Crippen LogP) is 2.72. The van der Waals surface area contributed by atoms with E-state index in [1.54, 1.807) is 0 Å². The molecule has 1 heterocycles. The fraction of sp³-hybridized carbons (Fsp3) is 0.412. The van der Waals surface area contributed by atoms with Crippen molar-refractivity contribution in [3.05, 3.63) is 41.5 Å². The predicted molar refractivity (Wildman–Crippen MR) is 85.1 cm³/mol. The number of carbonyl (C=O) groups is 1. The first-order chi connectivity index (χ1) is 10.2. The van der Waals surface area contributed by atoms with E-state index in [4.69, 9.17) is 5.73 Å². The smallest absolute Gasteiger partial charge is 0.309 e. The molecule has 0 bridgehead atoms. The molecule has 21 heavy (non-hydrogen) atoms. The fourth-order valence-corrected chi connectivity index (χ4v) is 2.41. The molecule has 1 unspecified atom stereocenters. The number of rotatable bonds is 4. The highest BCUT2D eigenvalue weighted by Crippen LogP contribution is 2.15. The van der Waals surface area contributed by atoms with Crippen LogP contribution in [0.2, 0.25) is 0 Å². The number of hydrogen-bond acceptors (Lipinski definition) is 4. The van der Waals surface area contributed by atoms with Gasteiger partial charge in [-0.3, -0.25) is 9.79 Å². The van der Waals surface area contributed by atoms with Crippen LogP contribution in [0.3, 0.4) is 0 Å². The van der Waals surface area contributed by atoms with Gasteiger partial charge >= 0.3 is 5.97 Å². The highest BCUT2D eigenvalue weighted by atomic mass is 16.5. The minimum atomic E-state index is -0.225. The number of amidine groups is 1. The van der Waals surface area contributed by atoms with E-state index in [0.717, 1.165) is 42.6 Å². The largest absolute Gasteiger partial charge is 0.469 e. The van der Waals surface area contributed by atoms with Crippen LogP contribution < -0.4 is 5.73 Å². The normalized spacial score (nSPS) is 19.1. The number of nitrogens with two attached hydrogens (primary N) is 1.